The molecule has 1 amide bonds. The van der Waals surface area contributed by atoms with E-state index in [0.29, 0.717) is 6.54 Å². The van der Waals surface area contributed by atoms with Crippen molar-refractivity contribution in [2.75, 3.05) is 30.8 Å². The third-order valence-electron chi connectivity index (χ3n) is 2.73. The number of nitrogens with zero attached hydrogens (tertiary/aromatic N) is 1. The molecule has 1 rings (SSSR count). The smallest absolute Gasteiger partial charge is 0.239 e. The van der Waals surface area contributed by atoms with Crippen LogP contribution in [-0.2, 0) is 4.79 Å². The van der Waals surface area contributed by atoms with Crippen LogP contribution in [0.5, 0.6) is 0 Å². The van der Waals surface area contributed by atoms with Crippen molar-refractivity contribution in [2.24, 2.45) is 0 Å². The predicted molar refractivity (Wildman–Crippen MR) is 72.2 cm³/mol. The van der Waals surface area contributed by atoms with Crippen LogP contribution in [0.25, 0.3) is 0 Å². The molecule has 0 heterocycles. The van der Waals surface area contributed by atoms with Crippen molar-refractivity contribution in [3.63, 3.8) is 0 Å². The van der Waals surface area contributed by atoms with Crippen LogP contribution in [0.4, 0.5) is 11.4 Å². The molecule has 0 aliphatic rings. The van der Waals surface area contributed by atoms with Gasteiger partial charge in [0.1, 0.15) is 0 Å². The molecule has 0 saturated carbocycles. The molecule has 4 heteroatoms. The number of hydrogen-bond acceptors (Lipinski definition) is 3. The maximum atomic E-state index is 11.4. The van der Waals surface area contributed by atoms with E-state index in [0.717, 1.165) is 29.9 Å². The Morgan fingerprint density at radius 2 is 2.18 bits per heavy atom. The molecule has 0 fully saturated rings. The summed E-state index contributed by atoms with van der Waals surface area (Å²) in [6.07, 6.45) is 1.00. The molecule has 0 saturated heterocycles. The van der Waals surface area contributed by atoms with E-state index in [2.05, 4.69) is 17.1 Å². The van der Waals surface area contributed by atoms with Gasteiger partial charge in [0.05, 0.1) is 6.54 Å². The van der Waals surface area contributed by atoms with Crippen LogP contribution in [0.15, 0.2) is 18.2 Å². The first kappa shape index (κ1) is 13.4. The molecule has 1 aromatic rings. The second-order valence-corrected chi connectivity index (χ2v) is 4.14. The molecule has 0 atom stereocenters. The molecular formula is C13H21N3O. The highest BCUT2D eigenvalue weighted by Crippen LogP contribution is 2.20. The molecule has 94 valence electrons. The van der Waals surface area contributed by atoms with Gasteiger partial charge < -0.3 is 16.0 Å². The minimum atomic E-state index is 0.0212. The first-order valence-electron chi connectivity index (χ1n) is 5.90. The van der Waals surface area contributed by atoms with Crippen molar-refractivity contribution in [1.29, 1.82) is 0 Å². The second-order valence-electron chi connectivity index (χ2n) is 4.14. The zero-order valence-electron chi connectivity index (χ0n) is 10.8. The summed E-state index contributed by atoms with van der Waals surface area (Å²) < 4.78 is 0. The van der Waals surface area contributed by atoms with Crippen molar-refractivity contribution in [2.45, 2.75) is 20.3 Å². The zero-order valence-corrected chi connectivity index (χ0v) is 10.8. The van der Waals surface area contributed by atoms with Crippen LogP contribution in [0.1, 0.15) is 18.9 Å². The molecule has 0 aromatic heterocycles. The van der Waals surface area contributed by atoms with E-state index in [9.17, 15) is 4.79 Å². The zero-order chi connectivity index (χ0) is 12.8. The monoisotopic (exact) mass is 235 g/mol. The third kappa shape index (κ3) is 3.66. The Morgan fingerprint density at radius 3 is 2.71 bits per heavy atom. The summed E-state index contributed by atoms with van der Waals surface area (Å²) in [6.45, 7) is 5.31. The minimum Gasteiger partial charge on any atom is -0.399 e. The Bertz CT molecular complexity index is 390. The predicted octanol–water partition coefficient (Wildman–Crippen LogP) is 1.54. The van der Waals surface area contributed by atoms with Gasteiger partial charge in [0, 0.05) is 25.0 Å². The minimum absolute atomic E-state index is 0.0212. The van der Waals surface area contributed by atoms with Gasteiger partial charge in [-0.3, -0.25) is 4.79 Å². The van der Waals surface area contributed by atoms with Crippen molar-refractivity contribution >= 4 is 17.3 Å². The summed E-state index contributed by atoms with van der Waals surface area (Å²) in [6, 6.07) is 5.87. The van der Waals surface area contributed by atoms with E-state index in [4.69, 9.17) is 5.73 Å². The Kier molecular flexibility index (Phi) is 4.82. The highest BCUT2D eigenvalue weighted by atomic mass is 16.1. The molecule has 4 nitrogen and oxygen atoms in total. The lowest BCUT2D eigenvalue weighted by Gasteiger charge is -2.24. The van der Waals surface area contributed by atoms with Gasteiger partial charge in [-0.25, -0.2) is 0 Å². The van der Waals surface area contributed by atoms with Gasteiger partial charge in [-0.05, 0) is 37.1 Å². The lowest BCUT2D eigenvalue weighted by Crippen LogP contribution is -2.36. The number of anilines is 2. The molecule has 0 spiro atoms. The van der Waals surface area contributed by atoms with Crippen LogP contribution in [-0.4, -0.2) is 26.0 Å². The van der Waals surface area contributed by atoms with Crippen molar-refractivity contribution < 1.29 is 4.79 Å². The molecule has 0 bridgehead atoms. The van der Waals surface area contributed by atoms with E-state index < -0.39 is 0 Å². The van der Waals surface area contributed by atoms with Gasteiger partial charge in [0.25, 0.3) is 0 Å². The van der Waals surface area contributed by atoms with Crippen molar-refractivity contribution in [1.82, 2.24) is 5.32 Å². The fourth-order valence-electron chi connectivity index (χ4n) is 1.68. The third-order valence-corrected chi connectivity index (χ3v) is 2.73. The number of aryl methyl sites for hydroxylation is 1. The Morgan fingerprint density at radius 1 is 1.47 bits per heavy atom. The maximum Gasteiger partial charge on any atom is 0.239 e. The van der Waals surface area contributed by atoms with Crippen LogP contribution in [0.3, 0.4) is 0 Å². The molecule has 1 aromatic carbocycles. The molecular weight excluding hydrogens is 214 g/mol. The second kappa shape index (κ2) is 6.13. The van der Waals surface area contributed by atoms with Gasteiger partial charge in [-0.15, -0.1) is 0 Å². The maximum absolute atomic E-state index is 11.4. The van der Waals surface area contributed by atoms with Gasteiger partial charge in [-0.2, -0.15) is 0 Å². The fourth-order valence-corrected chi connectivity index (χ4v) is 1.68. The summed E-state index contributed by atoms with van der Waals surface area (Å²) in [5, 5.41) is 2.64. The molecule has 0 aliphatic carbocycles. The number of nitrogen functional groups attached to an aromatic ring is 1. The van der Waals surface area contributed by atoms with Crippen LogP contribution >= 0.6 is 0 Å². The quantitative estimate of drug-likeness (QED) is 0.761. The fraction of sp³-hybridized carbons (Fsp3) is 0.462. The first-order chi connectivity index (χ1) is 8.08. The van der Waals surface area contributed by atoms with Crippen molar-refractivity contribution in [3.8, 4) is 0 Å². The molecule has 0 aliphatic heterocycles. The lowest BCUT2D eigenvalue weighted by atomic mass is 10.1. The normalized spacial score (nSPS) is 10.1. The standard InChI is InChI=1S/C13H21N3O/c1-4-7-16(9-13(17)15-3)11-5-6-12(14)10(2)8-11/h5-6,8H,4,7,9,14H2,1-3H3,(H,15,17). The number of carbonyl (C=O) groups excluding carboxylic acids is 1. The largest absolute Gasteiger partial charge is 0.399 e. The van der Waals surface area contributed by atoms with Gasteiger partial charge in [0.2, 0.25) is 5.91 Å². The van der Waals surface area contributed by atoms with Gasteiger partial charge in [-0.1, -0.05) is 6.92 Å². The number of amides is 1. The summed E-state index contributed by atoms with van der Waals surface area (Å²) in [5.74, 6) is 0.0212. The van der Waals surface area contributed by atoms with Gasteiger partial charge in [0.15, 0.2) is 0 Å². The first-order valence-corrected chi connectivity index (χ1v) is 5.90. The molecule has 3 N–H and O–H groups in total. The van der Waals surface area contributed by atoms with Gasteiger partial charge >= 0.3 is 0 Å². The number of carbonyl (C=O) groups is 1. The Hall–Kier alpha value is -1.71. The van der Waals surface area contributed by atoms with E-state index in [1.165, 1.54) is 0 Å². The summed E-state index contributed by atoms with van der Waals surface area (Å²) in [4.78, 5) is 13.5. The number of benzene rings is 1. The highest BCUT2D eigenvalue weighted by molar-refractivity contribution is 5.81. The highest BCUT2D eigenvalue weighted by Gasteiger charge is 2.10. The van der Waals surface area contributed by atoms with Crippen LogP contribution in [0, 0.1) is 6.92 Å². The average molecular weight is 235 g/mol. The number of likely N-dealkylation sites (N-methyl/N-ethyl adjacent to an activating group) is 1. The SMILES string of the molecule is CCCN(CC(=O)NC)c1ccc(N)c(C)c1. The van der Waals surface area contributed by atoms with Crippen LogP contribution < -0.4 is 16.0 Å². The average Bonchev–Trinajstić information content (AvgIpc) is 2.32. The van der Waals surface area contributed by atoms with E-state index in [-0.39, 0.29) is 5.91 Å². The number of nitrogens with one attached hydrogen (secondary N) is 1. The van der Waals surface area contributed by atoms with Crippen molar-refractivity contribution in [3.05, 3.63) is 23.8 Å². The summed E-state index contributed by atoms with van der Waals surface area (Å²) >= 11 is 0. The molecule has 0 radical (unpaired) electrons. The summed E-state index contributed by atoms with van der Waals surface area (Å²) in [7, 11) is 1.65. The Labute approximate surface area is 103 Å². The van der Waals surface area contributed by atoms with E-state index in [1.807, 2.05) is 25.1 Å². The van der Waals surface area contributed by atoms with E-state index >= 15 is 0 Å². The number of rotatable bonds is 5. The summed E-state index contributed by atoms with van der Waals surface area (Å²) in [5.41, 5.74) is 8.66. The van der Waals surface area contributed by atoms with E-state index in [1.54, 1.807) is 7.05 Å². The number of nitrogens with two attached hydrogens (primary N) is 1. The molecule has 0 unspecified atom stereocenters. The lowest BCUT2D eigenvalue weighted by molar-refractivity contribution is -0.119. The number of hydrogen-bond donors (Lipinski definition) is 2. The topological polar surface area (TPSA) is 58.4 Å². The van der Waals surface area contributed by atoms with Crippen LogP contribution in [0.2, 0.25) is 0 Å². The molecule has 17 heavy (non-hydrogen) atoms. The Balaban J connectivity index is 2.88.